The molecule has 0 saturated carbocycles. The maximum atomic E-state index is 13.7. The minimum atomic E-state index is -0.915. The lowest BCUT2D eigenvalue weighted by Crippen LogP contribution is -2.10. The van der Waals surface area contributed by atoms with Gasteiger partial charge in [-0.1, -0.05) is 36.4 Å². The normalized spacial score (nSPS) is 14.0. The first kappa shape index (κ1) is 21.3. The minimum absolute atomic E-state index is 0.0882. The van der Waals surface area contributed by atoms with Gasteiger partial charge in [-0.2, -0.15) is 0 Å². The molecule has 7 heteroatoms. The zero-order chi connectivity index (χ0) is 22.7. The first-order chi connectivity index (χ1) is 15.4. The Labute approximate surface area is 184 Å². The SMILES string of the molecule is CNCc1ccc(NC(=C2C(=O)Nc3cc(F)ccc32)c2ccc(CC(=O)O)cc2)cc1. The predicted molar refractivity (Wildman–Crippen MR) is 122 cm³/mol. The minimum Gasteiger partial charge on any atom is -0.481 e. The van der Waals surface area contributed by atoms with Crippen molar-refractivity contribution in [2.45, 2.75) is 13.0 Å². The number of halogens is 1. The average molecular weight is 431 g/mol. The molecule has 0 atom stereocenters. The molecule has 1 amide bonds. The van der Waals surface area contributed by atoms with Crippen LogP contribution in [0.25, 0.3) is 11.3 Å². The van der Waals surface area contributed by atoms with Crippen molar-refractivity contribution in [3.63, 3.8) is 0 Å². The van der Waals surface area contributed by atoms with Gasteiger partial charge >= 0.3 is 5.97 Å². The Hall–Kier alpha value is -3.97. The largest absolute Gasteiger partial charge is 0.481 e. The molecule has 0 aromatic heterocycles. The Morgan fingerprint density at radius 3 is 2.34 bits per heavy atom. The molecule has 0 saturated heterocycles. The van der Waals surface area contributed by atoms with Gasteiger partial charge in [-0.25, -0.2) is 4.39 Å². The highest BCUT2D eigenvalue weighted by Gasteiger charge is 2.28. The standard InChI is InChI=1S/C25H22FN3O3/c1-27-14-16-4-9-19(10-5-16)28-24(17-6-2-15(3-7-17)12-22(30)31)23-20-11-8-18(26)13-21(20)29-25(23)32/h2-11,13,27-28H,12,14H2,1H3,(H,29,32)(H,30,31). The van der Waals surface area contributed by atoms with E-state index in [9.17, 15) is 14.0 Å². The molecule has 1 aliphatic rings. The van der Waals surface area contributed by atoms with Crippen molar-refractivity contribution in [3.05, 3.63) is 94.8 Å². The van der Waals surface area contributed by atoms with E-state index in [0.717, 1.165) is 17.8 Å². The van der Waals surface area contributed by atoms with E-state index in [1.54, 1.807) is 30.3 Å². The number of benzene rings is 3. The Kier molecular flexibility index (Phi) is 6.00. The van der Waals surface area contributed by atoms with Crippen molar-refractivity contribution in [2.24, 2.45) is 0 Å². The zero-order valence-corrected chi connectivity index (χ0v) is 17.4. The molecule has 6 nitrogen and oxygen atoms in total. The first-order valence-corrected chi connectivity index (χ1v) is 10.1. The molecule has 1 aliphatic heterocycles. The predicted octanol–water partition coefficient (Wildman–Crippen LogP) is 4.10. The number of amides is 1. The summed E-state index contributed by atoms with van der Waals surface area (Å²) in [5, 5.41) is 18.2. The van der Waals surface area contributed by atoms with Crippen molar-refractivity contribution in [1.29, 1.82) is 0 Å². The molecule has 1 heterocycles. The van der Waals surface area contributed by atoms with Crippen molar-refractivity contribution in [1.82, 2.24) is 5.32 Å². The molecule has 0 spiro atoms. The van der Waals surface area contributed by atoms with Gasteiger partial charge in [0.15, 0.2) is 0 Å². The van der Waals surface area contributed by atoms with Crippen LogP contribution in [0.2, 0.25) is 0 Å². The lowest BCUT2D eigenvalue weighted by molar-refractivity contribution is -0.136. The highest BCUT2D eigenvalue weighted by atomic mass is 19.1. The van der Waals surface area contributed by atoms with Crippen molar-refractivity contribution in [2.75, 3.05) is 17.7 Å². The third kappa shape index (κ3) is 4.53. The molecule has 0 fully saturated rings. The number of aliphatic carboxylic acids is 1. The maximum Gasteiger partial charge on any atom is 0.307 e. The van der Waals surface area contributed by atoms with Crippen LogP contribution in [0.3, 0.4) is 0 Å². The monoisotopic (exact) mass is 431 g/mol. The van der Waals surface area contributed by atoms with E-state index >= 15 is 0 Å². The summed E-state index contributed by atoms with van der Waals surface area (Å²) in [5.41, 5.74) is 5.22. The van der Waals surface area contributed by atoms with Crippen LogP contribution >= 0.6 is 0 Å². The molecule has 0 aliphatic carbocycles. The third-order valence-electron chi connectivity index (χ3n) is 5.18. The molecule has 32 heavy (non-hydrogen) atoms. The van der Waals surface area contributed by atoms with Crippen LogP contribution in [0.4, 0.5) is 15.8 Å². The van der Waals surface area contributed by atoms with Crippen LogP contribution in [-0.2, 0) is 22.6 Å². The number of rotatable bonds is 7. The van der Waals surface area contributed by atoms with E-state index in [2.05, 4.69) is 16.0 Å². The first-order valence-electron chi connectivity index (χ1n) is 10.1. The van der Waals surface area contributed by atoms with Crippen molar-refractivity contribution >= 4 is 34.5 Å². The lowest BCUT2D eigenvalue weighted by Gasteiger charge is -2.15. The summed E-state index contributed by atoms with van der Waals surface area (Å²) in [7, 11) is 1.88. The Bertz CT molecular complexity index is 1200. The second kappa shape index (κ2) is 9.03. The summed E-state index contributed by atoms with van der Waals surface area (Å²) < 4.78 is 13.7. The Balaban J connectivity index is 1.79. The second-order valence-corrected chi connectivity index (χ2v) is 7.51. The van der Waals surface area contributed by atoms with Crippen LogP contribution in [0, 0.1) is 5.82 Å². The van der Waals surface area contributed by atoms with Gasteiger partial charge in [0, 0.05) is 17.8 Å². The van der Waals surface area contributed by atoms with E-state index in [0.29, 0.717) is 33.6 Å². The fraction of sp³-hybridized carbons (Fsp3) is 0.120. The molecule has 4 N–H and O–H groups in total. The molecule has 0 bridgehead atoms. The van der Waals surface area contributed by atoms with E-state index in [4.69, 9.17) is 5.11 Å². The smallest absolute Gasteiger partial charge is 0.307 e. The summed E-state index contributed by atoms with van der Waals surface area (Å²) in [4.78, 5) is 23.9. The van der Waals surface area contributed by atoms with Crippen molar-refractivity contribution < 1.29 is 19.1 Å². The number of carboxylic acid groups (broad SMARTS) is 1. The molecule has 162 valence electrons. The highest BCUT2D eigenvalue weighted by molar-refractivity contribution is 6.37. The number of nitrogens with one attached hydrogen (secondary N) is 3. The number of carbonyl (C=O) groups is 2. The fourth-order valence-corrected chi connectivity index (χ4v) is 3.69. The van der Waals surface area contributed by atoms with Gasteiger partial charge in [0.25, 0.3) is 5.91 Å². The van der Waals surface area contributed by atoms with Gasteiger partial charge in [-0.3, -0.25) is 9.59 Å². The molecule has 0 radical (unpaired) electrons. The number of carbonyl (C=O) groups excluding carboxylic acids is 1. The van der Waals surface area contributed by atoms with Crippen LogP contribution in [-0.4, -0.2) is 24.0 Å². The fourth-order valence-electron chi connectivity index (χ4n) is 3.69. The number of carboxylic acids is 1. The van der Waals surface area contributed by atoms with Gasteiger partial charge in [0.1, 0.15) is 5.82 Å². The molecule has 0 unspecified atom stereocenters. The summed E-state index contributed by atoms with van der Waals surface area (Å²) in [6, 6.07) is 19.0. The Morgan fingerprint density at radius 1 is 1.00 bits per heavy atom. The van der Waals surface area contributed by atoms with Gasteiger partial charge in [-0.05, 0) is 54.1 Å². The highest BCUT2D eigenvalue weighted by Crippen LogP contribution is 2.38. The second-order valence-electron chi connectivity index (χ2n) is 7.51. The molecule has 4 rings (SSSR count). The number of hydrogen-bond acceptors (Lipinski definition) is 4. The van der Waals surface area contributed by atoms with E-state index in [1.165, 1.54) is 12.1 Å². The zero-order valence-electron chi connectivity index (χ0n) is 17.4. The number of hydrogen-bond donors (Lipinski definition) is 4. The van der Waals surface area contributed by atoms with Gasteiger partial charge < -0.3 is 21.1 Å². The summed E-state index contributed by atoms with van der Waals surface area (Å²) in [5.74, 6) is -1.69. The van der Waals surface area contributed by atoms with Gasteiger partial charge in [-0.15, -0.1) is 0 Å². The van der Waals surface area contributed by atoms with E-state index in [1.807, 2.05) is 31.3 Å². The van der Waals surface area contributed by atoms with E-state index < -0.39 is 11.8 Å². The lowest BCUT2D eigenvalue weighted by atomic mass is 9.98. The summed E-state index contributed by atoms with van der Waals surface area (Å²) in [6.07, 6.45) is -0.0882. The number of anilines is 2. The number of fused-ring (bicyclic) bond motifs is 1. The average Bonchev–Trinajstić information content (AvgIpc) is 3.08. The van der Waals surface area contributed by atoms with Crippen LogP contribution in [0.15, 0.2) is 66.7 Å². The topological polar surface area (TPSA) is 90.5 Å². The molecular weight excluding hydrogens is 409 g/mol. The van der Waals surface area contributed by atoms with Gasteiger partial charge in [0.05, 0.1) is 23.4 Å². The molecule has 3 aromatic rings. The maximum absolute atomic E-state index is 13.7. The summed E-state index contributed by atoms with van der Waals surface area (Å²) >= 11 is 0. The molecule has 3 aromatic carbocycles. The van der Waals surface area contributed by atoms with Crippen LogP contribution in [0.5, 0.6) is 0 Å². The van der Waals surface area contributed by atoms with Crippen molar-refractivity contribution in [3.8, 4) is 0 Å². The Morgan fingerprint density at radius 2 is 1.69 bits per heavy atom. The third-order valence-corrected chi connectivity index (χ3v) is 5.18. The summed E-state index contributed by atoms with van der Waals surface area (Å²) in [6.45, 7) is 0.737. The quantitative estimate of drug-likeness (QED) is 0.423. The van der Waals surface area contributed by atoms with E-state index in [-0.39, 0.29) is 12.3 Å². The molecular formula is C25H22FN3O3. The van der Waals surface area contributed by atoms with Crippen LogP contribution in [0.1, 0.15) is 22.3 Å². The van der Waals surface area contributed by atoms with Gasteiger partial charge in [0.2, 0.25) is 0 Å². The van der Waals surface area contributed by atoms with Crippen LogP contribution < -0.4 is 16.0 Å².